The number of nitrogens with zero attached hydrogens (tertiary/aromatic N) is 3. The molecule has 1 aliphatic rings. The summed E-state index contributed by atoms with van der Waals surface area (Å²) in [7, 11) is 0. The molecule has 0 spiro atoms. The minimum atomic E-state index is -0.936. The third-order valence-electron chi connectivity index (χ3n) is 6.80. The Bertz CT molecular complexity index is 1660. The van der Waals surface area contributed by atoms with Crippen LogP contribution in [0.15, 0.2) is 60.7 Å². The molecule has 2 heterocycles. The van der Waals surface area contributed by atoms with Crippen LogP contribution in [0.1, 0.15) is 49.2 Å². The monoisotopic (exact) mass is 619 g/mol. The molecule has 236 valence electrons. The molecule has 0 fully saturated rings. The van der Waals surface area contributed by atoms with Gasteiger partial charge in [0.25, 0.3) is 5.91 Å². The van der Waals surface area contributed by atoms with Gasteiger partial charge in [0.05, 0.1) is 12.2 Å². The molecular formula is C33H36F3N7O2. The van der Waals surface area contributed by atoms with Crippen molar-refractivity contribution in [2.45, 2.75) is 47.2 Å². The van der Waals surface area contributed by atoms with Crippen molar-refractivity contribution < 1.29 is 22.8 Å². The molecule has 3 amide bonds. The Balaban J connectivity index is 0.00000226. The predicted octanol–water partition coefficient (Wildman–Crippen LogP) is 6.92. The number of halogens is 3. The summed E-state index contributed by atoms with van der Waals surface area (Å²) >= 11 is 0. The molecule has 0 atom stereocenters. The van der Waals surface area contributed by atoms with Crippen LogP contribution in [0.25, 0.3) is 11.3 Å². The highest BCUT2D eigenvalue weighted by atomic mass is 19.1. The van der Waals surface area contributed by atoms with Gasteiger partial charge < -0.3 is 21.3 Å². The second-order valence-corrected chi connectivity index (χ2v) is 10.3. The number of rotatable bonds is 9. The predicted molar refractivity (Wildman–Crippen MR) is 170 cm³/mol. The zero-order valence-electron chi connectivity index (χ0n) is 25.8. The second kappa shape index (κ2) is 14.7. The molecule has 1 aliphatic heterocycles. The summed E-state index contributed by atoms with van der Waals surface area (Å²) in [4.78, 5) is 36.3. The number of aromatic nitrogens is 2. The zero-order chi connectivity index (χ0) is 32.7. The van der Waals surface area contributed by atoms with Gasteiger partial charge in [0.15, 0.2) is 5.82 Å². The molecule has 45 heavy (non-hydrogen) atoms. The number of nitrogens with one attached hydrogen (secondary N) is 4. The molecule has 12 heteroatoms. The van der Waals surface area contributed by atoms with Gasteiger partial charge in [0.1, 0.15) is 23.1 Å². The summed E-state index contributed by atoms with van der Waals surface area (Å²) in [5.74, 6) is -2.58. The molecule has 5 rings (SSSR count). The third-order valence-corrected chi connectivity index (χ3v) is 6.80. The maximum atomic E-state index is 15.0. The quantitative estimate of drug-likeness (QED) is 0.151. The lowest BCUT2D eigenvalue weighted by atomic mass is 9.97. The normalized spacial score (nSPS) is 12.2. The first kappa shape index (κ1) is 32.9. The Morgan fingerprint density at radius 1 is 0.978 bits per heavy atom. The number of hydrogen-bond acceptors (Lipinski definition) is 6. The first-order valence-electron chi connectivity index (χ1n) is 14.7. The van der Waals surface area contributed by atoms with Gasteiger partial charge >= 0.3 is 6.03 Å². The molecular weight excluding hydrogens is 583 g/mol. The van der Waals surface area contributed by atoms with Crippen molar-refractivity contribution in [1.82, 2.24) is 20.6 Å². The van der Waals surface area contributed by atoms with E-state index in [2.05, 4.69) is 26.3 Å². The number of aryl methyl sites for hydroxylation is 1. The SMILES string of the molecule is CC.Cc1ccc(C(=O)Nc2ccc(F)cc2)cc1-c1nc(NCCNC(C)C)nc2c1CNC(=O)N2c1c(F)cccc1F. The molecule has 0 aliphatic carbocycles. The van der Waals surface area contributed by atoms with Gasteiger partial charge in [-0.3, -0.25) is 4.79 Å². The van der Waals surface area contributed by atoms with Crippen molar-refractivity contribution in [3.05, 3.63) is 94.8 Å². The summed E-state index contributed by atoms with van der Waals surface area (Å²) in [5.41, 5.74) is 2.24. The van der Waals surface area contributed by atoms with Crippen LogP contribution in [0.3, 0.4) is 0 Å². The molecule has 0 saturated heterocycles. The summed E-state index contributed by atoms with van der Waals surface area (Å²) in [5, 5.41) is 11.8. The largest absolute Gasteiger partial charge is 0.353 e. The van der Waals surface area contributed by atoms with Crippen LogP contribution in [-0.4, -0.2) is 41.0 Å². The van der Waals surface area contributed by atoms with Crippen LogP contribution >= 0.6 is 0 Å². The summed E-state index contributed by atoms with van der Waals surface area (Å²) in [6, 6.07) is 13.3. The first-order chi connectivity index (χ1) is 21.6. The van der Waals surface area contributed by atoms with Crippen LogP contribution in [0.2, 0.25) is 0 Å². The Morgan fingerprint density at radius 3 is 2.33 bits per heavy atom. The van der Waals surface area contributed by atoms with E-state index in [0.717, 1.165) is 22.6 Å². The van der Waals surface area contributed by atoms with E-state index in [0.29, 0.717) is 41.2 Å². The number of fused-ring (bicyclic) bond motifs is 1. The molecule has 4 N–H and O–H groups in total. The van der Waals surface area contributed by atoms with Crippen molar-refractivity contribution in [2.75, 3.05) is 28.6 Å². The van der Waals surface area contributed by atoms with Gasteiger partial charge in [0.2, 0.25) is 5.95 Å². The average Bonchev–Trinajstić information content (AvgIpc) is 3.02. The van der Waals surface area contributed by atoms with E-state index in [1.54, 1.807) is 18.2 Å². The third kappa shape index (κ3) is 7.58. The van der Waals surface area contributed by atoms with Crippen LogP contribution < -0.4 is 26.2 Å². The first-order valence-corrected chi connectivity index (χ1v) is 14.7. The number of carbonyl (C=O) groups excluding carboxylic acids is 2. The fourth-order valence-electron chi connectivity index (χ4n) is 4.66. The highest BCUT2D eigenvalue weighted by molar-refractivity contribution is 6.05. The van der Waals surface area contributed by atoms with E-state index in [9.17, 15) is 22.8 Å². The lowest BCUT2D eigenvalue weighted by molar-refractivity contribution is 0.102. The summed E-state index contributed by atoms with van der Waals surface area (Å²) in [6.07, 6.45) is 0. The summed E-state index contributed by atoms with van der Waals surface area (Å²) < 4.78 is 43.3. The fourth-order valence-corrected chi connectivity index (χ4v) is 4.66. The van der Waals surface area contributed by atoms with Crippen LogP contribution in [0, 0.1) is 24.4 Å². The van der Waals surface area contributed by atoms with Crippen molar-refractivity contribution in [1.29, 1.82) is 0 Å². The van der Waals surface area contributed by atoms with E-state index < -0.39 is 35.1 Å². The van der Waals surface area contributed by atoms with Crippen molar-refractivity contribution in [3.8, 4) is 11.3 Å². The zero-order valence-corrected chi connectivity index (χ0v) is 25.8. The molecule has 9 nitrogen and oxygen atoms in total. The number of urea groups is 1. The van der Waals surface area contributed by atoms with Gasteiger partial charge in [-0.2, -0.15) is 4.98 Å². The minimum Gasteiger partial charge on any atom is -0.353 e. The Labute approximate surface area is 260 Å². The van der Waals surface area contributed by atoms with Gasteiger partial charge in [-0.05, 0) is 61.0 Å². The molecule has 1 aromatic heterocycles. The molecule has 0 unspecified atom stereocenters. The van der Waals surface area contributed by atoms with Crippen molar-refractivity contribution in [3.63, 3.8) is 0 Å². The highest BCUT2D eigenvalue weighted by Gasteiger charge is 2.34. The van der Waals surface area contributed by atoms with Crippen LogP contribution in [0.4, 0.5) is 41.1 Å². The van der Waals surface area contributed by atoms with Crippen LogP contribution in [-0.2, 0) is 6.54 Å². The highest BCUT2D eigenvalue weighted by Crippen LogP contribution is 2.39. The maximum Gasteiger partial charge on any atom is 0.328 e. The standard InChI is InChI=1S/C31H30F3N7O2.C2H6/c1-17(2)35-13-14-36-30-39-26(22-15-19(8-7-18(22)3)29(42)38-21-11-9-20(32)10-12-21)23-16-37-31(43)41(28(23)40-30)27-24(33)5-4-6-25(27)34;1-2/h4-12,15,17,35H,13-14,16H2,1-3H3,(H,37,43)(H,38,42)(H,36,39,40);1-2H3. The number of benzene rings is 3. The lowest BCUT2D eigenvalue weighted by Gasteiger charge is -2.31. The Hall–Kier alpha value is -4.97. The number of para-hydroxylation sites is 1. The average molecular weight is 620 g/mol. The second-order valence-electron chi connectivity index (χ2n) is 10.3. The minimum absolute atomic E-state index is 0.0117. The van der Waals surface area contributed by atoms with Gasteiger partial charge in [-0.1, -0.05) is 39.8 Å². The van der Waals surface area contributed by atoms with Gasteiger partial charge in [-0.25, -0.2) is 27.8 Å². The topological polar surface area (TPSA) is 111 Å². The van der Waals surface area contributed by atoms with Crippen LogP contribution in [0.5, 0.6) is 0 Å². The Kier molecular flexibility index (Phi) is 10.7. The van der Waals surface area contributed by atoms with E-state index in [1.165, 1.54) is 30.3 Å². The number of anilines is 4. The summed E-state index contributed by atoms with van der Waals surface area (Å²) in [6.45, 7) is 10.8. The molecule has 4 aromatic rings. The number of carbonyl (C=O) groups is 2. The van der Waals surface area contributed by atoms with E-state index in [-0.39, 0.29) is 24.4 Å². The van der Waals surface area contributed by atoms with E-state index in [4.69, 9.17) is 4.98 Å². The van der Waals surface area contributed by atoms with E-state index >= 15 is 0 Å². The maximum absolute atomic E-state index is 15.0. The van der Waals surface area contributed by atoms with Gasteiger partial charge in [0, 0.05) is 41.5 Å². The number of amides is 3. The molecule has 0 saturated carbocycles. The van der Waals surface area contributed by atoms with Crippen molar-refractivity contribution in [2.24, 2.45) is 0 Å². The van der Waals surface area contributed by atoms with Gasteiger partial charge in [-0.15, -0.1) is 0 Å². The molecule has 0 radical (unpaired) electrons. The lowest BCUT2D eigenvalue weighted by Crippen LogP contribution is -2.43. The smallest absolute Gasteiger partial charge is 0.328 e. The van der Waals surface area contributed by atoms with E-state index in [1.807, 2.05) is 34.6 Å². The molecule has 0 bridgehead atoms. The Morgan fingerprint density at radius 2 is 1.67 bits per heavy atom. The van der Waals surface area contributed by atoms with Crippen molar-refractivity contribution >= 4 is 35.1 Å². The molecule has 3 aromatic carbocycles. The number of hydrogen-bond donors (Lipinski definition) is 4. The fraction of sp³-hybridized carbons (Fsp3) is 0.273.